The Hall–Kier alpha value is 0.400. The van der Waals surface area contributed by atoms with Crippen molar-refractivity contribution in [1.29, 1.82) is 0 Å². The van der Waals surface area contributed by atoms with Gasteiger partial charge in [-0.15, -0.1) is 0 Å². The molecule has 0 spiro atoms. The highest BCUT2D eigenvalue weighted by Gasteiger charge is 2.61. The molecule has 34 heavy (non-hydrogen) atoms. The summed E-state index contributed by atoms with van der Waals surface area (Å²) in [5, 5.41) is 0.866. The van der Waals surface area contributed by atoms with Gasteiger partial charge in [-0.3, -0.25) is 0 Å². The predicted molar refractivity (Wildman–Crippen MR) is 155 cm³/mol. The fourth-order valence-corrected chi connectivity index (χ4v) is 12.3. The molecule has 0 aromatic carbocycles. The Kier molecular flexibility index (Phi) is 9.22. The number of rotatable bonds is 10. The molecule has 0 saturated heterocycles. The van der Waals surface area contributed by atoms with E-state index in [-0.39, 0.29) is 0 Å². The number of nitrogens with two attached hydrogens (primary N) is 1. The Labute approximate surface area is 220 Å². The predicted octanol–water partition coefficient (Wildman–Crippen LogP) is 9.37. The van der Waals surface area contributed by atoms with Crippen LogP contribution in [0.1, 0.15) is 112 Å². The molecule has 0 radical (unpaired) electrons. The van der Waals surface area contributed by atoms with Gasteiger partial charge >= 0.3 is 0 Å². The summed E-state index contributed by atoms with van der Waals surface area (Å²) in [6.07, 6.45) is 18.7. The van der Waals surface area contributed by atoms with Gasteiger partial charge in [-0.25, -0.2) is 0 Å². The highest BCUT2D eigenvalue weighted by Crippen LogP contribution is 2.69. The van der Waals surface area contributed by atoms with Crippen molar-refractivity contribution >= 4 is 21.6 Å². The first kappa shape index (κ1) is 27.4. The van der Waals surface area contributed by atoms with Crippen LogP contribution < -0.4 is 5.73 Å². The van der Waals surface area contributed by atoms with E-state index < -0.39 is 0 Å². The summed E-state index contributed by atoms with van der Waals surface area (Å²) in [6, 6.07) is 0. The minimum Gasteiger partial charge on any atom is -0.330 e. The van der Waals surface area contributed by atoms with Gasteiger partial charge in [-0.05, 0) is 110 Å². The van der Waals surface area contributed by atoms with Gasteiger partial charge in [-0.2, -0.15) is 0 Å². The molecule has 0 aromatic heterocycles. The Morgan fingerprint density at radius 1 is 1.00 bits per heavy atom. The van der Waals surface area contributed by atoms with E-state index in [1.54, 1.807) is 0 Å². The lowest BCUT2D eigenvalue weighted by molar-refractivity contribution is -0.133. The van der Waals surface area contributed by atoms with Crippen LogP contribution in [0.3, 0.4) is 0 Å². The summed E-state index contributed by atoms with van der Waals surface area (Å²) >= 11 is 0. The van der Waals surface area contributed by atoms with Crippen molar-refractivity contribution < 1.29 is 0 Å². The summed E-state index contributed by atoms with van der Waals surface area (Å²) in [5.74, 6) is 7.43. The minimum absolute atomic E-state index is 0.495. The molecule has 2 N–H and O–H groups in total. The molecule has 4 aliphatic rings. The molecule has 0 amide bonds. The molecule has 8 atom stereocenters. The SMILES string of the molecule is CC(C)CCCC(C)C1=CCC2C3CCC4CC(SSCCN)CCC4(C(C)C)C3CCC12C. The van der Waals surface area contributed by atoms with Crippen LogP contribution in [0.2, 0.25) is 0 Å². The summed E-state index contributed by atoms with van der Waals surface area (Å²) in [4.78, 5) is 0. The molecule has 4 aliphatic carbocycles. The Morgan fingerprint density at radius 3 is 2.50 bits per heavy atom. The van der Waals surface area contributed by atoms with Crippen LogP contribution in [0.4, 0.5) is 0 Å². The van der Waals surface area contributed by atoms with E-state index in [9.17, 15) is 0 Å². The summed E-state index contributed by atoms with van der Waals surface area (Å²) in [6.45, 7) is 16.0. The lowest BCUT2D eigenvalue weighted by Gasteiger charge is -2.64. The Bertz CT molecular complexity index is 702. The van der Waals surface area contributed by atoms with Gasteiger partial charge in [0.1, 0.15) is 0 Å². The van der Waals surface area contributed by atoms with Crippen LogP contribution in [0.25, 0.3) is 0 Å². The standard InChI is InChI=1S/C31H55NS2/c1-21(2)8-7-9-23(5)27-12-13-28-26-11-10-24-20-25(34-33-19-18-32)14-17-31(24,22(3)4)29(26)15-16-30(27,28)6/h12,21-26,28-29H,7-11,13-20,32H2,1-6H3. The van der Waals surface area contributed by atoms with Gasteiger partial charge in [0, 0.05) is 17.5 Å². The first-order valence-electron chi connectivity index (χ1n) is 14.9. The van der Waals surface area contributed by atoms with Crippen molar-refractivity contribution in [2.45, 2.75) is 117 Å². The second-order valence-electron chi connectivity index (χ2n) is 13.6. The van der Waals surface area contributed by atoms with Gasteiger partial charge in [0.05, 0.1) is 0 Å². The Balaban J connectivity index is 1.46. The maximum absolute atomic E-state index is 5.76. The first-order chi connectivity index (χ1) is 16.2. The van der Waals surface area contributed by atoms with Gasteiger partial charge in [0.25, 0.3) is 0 Å². The molecular weight excluding hydrogens is 450 g/mol. The third-order valence-corrected chi connectivity index (χ3v) is 14.2. The number of fused-ring (bicyclic) bond motifs is 5. The van der Waals surface area contributed by atoms with Crippen LogP contribution in [0.15, 0.2) is 11.6 Å². The number of allylic oxidation sites excluding steroid dienone is 2. The number of hydrogen-bond acceptors (Lipinski definition) is 3. The largest absolute Gasteiger partial charge is 0.330 e. The quantitative estimate of drug-likeness (QED) is 0.182. The van der Waals surface area contributed by atoms with Crippen LogP contribution >= 0.6 is 21.6 Å². The van der Waals surface area contributed by atoms with Crippen LogP contribution in [0.5, 0.6) is 0 Å². The third kappa shape index (κ3) is 5.07. The smallest absolute Gasteiger partial charge is 0.0160 e. The summed E-state index contributed by atoms with van der Waals surface area (Å²) < 4.78 is 0. The van der Waals surface area contributed by atoms with E-state index >= 15 is 0 Å². The van der Waals surface area contributed by atoms with E-state index in [4.69, 9.17) is 5.73 Å². The molecule has 0 bridgehead atoms. The minimum atomic E-state index is 0.495. The molecule has 196 valence electrons. The molecule has 3 saturated carbocycles. The van der Waals surface area contributed by atoms with Gasteiger partial charge < -0.3 is 5.73 Å². The first-order valence-corrected chi connectivity index (χ1v) is 17.3. The van der Waals surface area contributed by atoms with E-state index in [0.29, 0.717) is 10.8 Å². The second-order valence-corrected chi connectivity index (χ2v) is 16.4. The van der Waals surface area contributed by atoms with Crippen molar-refractivity contribution in [2.24, 2.45) is 58.0 Å². The summed E-state index contributed by atoms with van der Waals surface area (Å²) in [7, 11) is 4.21. The lowest BCUT2D eigenvalue weighted by atomic mass is 9.41. The van der Waals surface area contributed by atoms with Gasteiger partial charge in [0.15, 0.2) is 0 Å². The molecule has 0 aromatic rings. The maximum Gasteiger partial charge on any atom is 0.0160 e. The van der Waals surface area contributed by atoms with Gasteiger partial charge in [-0.1, -0.05) is 87.6 Å². The van der Waals surface area contributed by atoms with E-state index in [1.165, 1.54) is 70.6 Å². The average molecular weight is 506 g/mol. The molecular formula is C31H55NS2. The average Bonchev–Trinajstić information content (AvgIpc) is 3.15. The van der Waals surface area contributed by atoms with Crippen molar-refractivity contribution in [3.63, 3.8) is 0 Å². The van der Waals surface area contributed by atoms with E-state index in [1.807, 2.05) is 16.4 Å². The van der Waals surface area contributed by atoms with E-state index in [0.717, 1.165) is 59.0 Å². The molecule has 0 aliphatic heterocycles. The van der Waals surface area contributed by atoms with Crippen molar-refractivity contribution in [3.05, 3.63) is 11.6 Å². The Morgan fingerprint density at radius 2 is 1.79 bits per heavy atom. The summed E-state index contributed by atoms with van der Waals surface area (Å²) in [5.41, 5.74) is 8.75. The van der Waals surface area contributed by atoms with Crippen LogP contribution in [0, 0.1) is 52.3 Å². The highest BCUT2D eigenvalue weighted by molar-refractivity contribution is 8.76. The zero-order chi connectivity index (χ0) is 24.5. The van der Waals surface area contributed by atoms with Crippen molar-refractivity contribution in [3.8, 4) is 0 Å². The maximum atomic E-state index is 5.76. The third-order valence-electron chi connectivity index (χ3n) is 11.3. The van der Waals surface area contributed by atoms with Gasteiger partial charge in [0.2, 0.25) is 0 Å². The number of hydrogen-bond donors (Lipinski definition) is 1. The topological polar surface area (TPSA) is 26.0 Å². The molecule has 3 heteroatoms. The molecule has 4 rings (SSSR count). The molecule has 3 fully saturated rings. The zero-order valence-corrected chi connectivity index (χ0v) is 24.9. The molecule has 1 nitrogen and oxygen atoms in total. The second kappa shape index (κ2) is 11.4. The van der Waals surface area contributed by atoms with Crippen molar-refractivity contribution in [2.75, 3.05) is 12.3 Å². The monoisotopic (exact) mass is 505 g/mol. The zero-order valence-electron chi connectivity index (χ0n) is 23.3. The fourth-order valence-electron chi connectivity index (χ4n) is 9.72. The molecule has 0 heterocycles. The van der Waals surface area contributed by atoms with Crippen molar-refractivity contribution in [1.82, 2.24) is 0 Å². The fraction of sp³-hybridized carbons (Fsp3) is 0.935. The van der Waals surface area contributed by atoms with Crippen LogP contribution in [-0.2, 0) is 0 Å². The highest BCUT2D eigenvalue weighted by atomic mass is 33.1. The normalized spacial score (nSPS) is 40.6. The lowest BCUT2D eigenvalue weighted by Crippen LogP contribution is -2.56. The van der Waals surface area contributed by atoms with E-state index in [2.05, 4.69) is 58.4 Å². The van der Waals surface area contributed by atoms with Crippen LogP contribution in [-0.4, -0.2) is 17.5 Å². The molecule has 8 unspecified atom stereocenters.